The van der Waals surface area contributed by atoms with Crippen molar-refractivity contribution >= 4 is 39.2 Å². The fourth-order valence-corrected chi connectivity index (χ4v) is 4.31. The summed E-state index contributed by atoms with van der Waals surface area (Å²) in [6.45, 7) is 4.19. The topological polar surface area (TPSA) is 33.2 Å². The van der Waals surface area contributed by atoms with Crippen molar-refractivity contribution in [2.45, 2.75) is 43.1 Å². The Hall–Kier alpha value is -1.07. The Morgan fingerprint density at radius 3 is 2.85 bits per heavy atom. The number of carbonyl (C=O) groups is 1. The Morgan fingerprint density at radius 1 is 1.45 bits per heavy atom. The van der Waals surface area contributed by atoms with Crippen LogP contribution < -0.4 is 0 Å². The van der Waals surface area contributed by atoms with Gasteiger partial charge in [0, 0.05) is 12.1 Å². The zero-order chi connectivity index (χ0) is 14.1. The van der Waals surface area contributed by atoms with E-state index in [2.05, 4.69) is 24.9 Å². The molecule has 0 N–H and O–H groups in total. The molecule has 1 aliphatic carbocycles. The van der Waals surface area contributed by atoms with Crippen LogP contribution in [0.2, 0.25) is 0 Å². The van der Waals surface area contributed by atoms with Gasteiger partial charge in [0.05, 0.1) is 16.0 Å². The molecule has 20 heavy (non-hydrogen) atoms. The van der Waals surface area contributed by atoms with Gasteiger partial charge in [0.2, 0.25) is 5.91 Å². The lowest BCUT2D eigenvalue weighted by atomic mass is 10.3. The highest BCUT2D eigenvalue weighted by Crippen LogP contribution is 2.32. The molecule has 0 atom stereocenters. The largest absolute Gasteiger partial charge is 0.337 e. The minimum Gasteiger partial charge on any atom is -0.337 e. The van der Waals surface area contributed by atoms with Gasteiger partial charge in [0.1, 0.15) is 0 Å². The SMILES string of the molecule is CC(C)N(C(=O)CSc1nc2ccccc2s1)C1CC1. The van der Waals surface area contributed by atoms with Gasteiger partial charge < -0.3 is 4.90 Å². The molecule has 0 saturated heterocycles. The van der Waals surface area contributed by atoms with E-state index in [1.807, 2.05) is 23.1 Å². The zero-order valence-corrected chi connectivity index (χ0v) is 13.3. The average molecular weight is 306 g/mol. The molecule has 1 saturated carbocycles. The molecule has 5 heteroatoms. The Bertz CT molecular complexity index is 584. The second kappa shape index (κ2) is 5.74. The monoisotopic (exact) mass is 306 g/mol. The zero-order valence-electron chi connectivity index (χ0n) is 11.7. The van der Waals surface area contributed by atoms with E-state index < -0.39 is 0 Å². The number of fused-ring (bicyclic) bond motifs is 1. The number of para-hydroxylation sites is 1. The minimum absolute atomic E-state index is 0.242. The predicted octanol–water partition coefficient (Wildman–Crippen LogP) is 3.79. The highest BCUT2D eigenvalue weighted by Gasteiger charge is 2.33. The summed E-state index contributed by atoms with van der Waals surface area (Å²) in [4.78, 5) is 18.9. The normalized spacial score (nSPS) is 14.9. The maximum Gasteiger partial charge on any atom is 0.233 e. The van der Waals surface area contributed by atoms with E-state index in [0.29, 0.717) is 17.8 Å². The molecular formula is C15H18N2OS2. The highest BCUT2D eigenvalue weighted by molar-refractivity contribution is 8.01. The molecule has 3 rings (SSSR count). The molecule has 1 aliphatic rings. The van der Waals surface area contributed by atoms with Crippen molar-refractivity contribution in [2.24, 2.45) is 0 Å². The van der Waals surface area contributed by atoms with E-state index in [-0.39, 0.29) is 5.91 Å². The Labute approximate surface area is 127 Å². The van der Waals surface area contributed by atoms with Crippen LogP contribution in [0.25, 0.3) is 10.2 Å². The van der Waals surface area contributed by atoms with Gasteiger partial charge in [-0.3, -0.25) is 4.79 Å². The van der Waals surface area contributed by atoms with Crippen molar-refractivity contribution in [3.05, 3.63) is 24.3 Å². The lowest BCUT2D eigenvalue weighted by molar-refractivity contribution is -0.130. The first kappa shape index (κ1) is 13.9. The summed E-state index contributed by atoms with van der Waals surface area (Å²) in [7, 11) is 0. The van der Waals surface area contributed by atoms with Crippen molar-refractivity contribution in [1.29, 1.82) is 0 Å². The Kier molecular flexibility index (Phi) is 3.98. The third-order valence-corrected chi connectivity index (χ3v) is 5.54. The second-order valence-electron chi connectivity index (χ2n) is 5.36. The molecule has 0 unspecified atom stereocenters. The summed E-state index contributed by atoms with van der Waals surface area (Å²) in [5, 5.41) is 0. The number of hydrogen-bond donors (Lipinski definition) is 0. The predicted molar refractivity (Wildman–Crippen MR) is 85.3 cm³/mol. The third kappa shape index (κ3) is 2.99. The van der Waals surface area contributed by atoms with Gasteiger partial charge in [0.15, 0.2) is 4.34 Å². The molecule has 0 bridgehead atoms. The van der Waals surface area contributed by atoms with Gasteiger partial charge >= 0.3 is 0 Å². The summed E-state index contributed by atoms with van der Waals surface area (Å²) in [5.41, 5.74) is 1.02. The Balaban J connectivity index is 1.64. The number of rotatable bonds is 5. The maximum atomic E-state index is 12.3. The average Bonchev–Trinajstić information content (AvgIpc) is 3.14. The number of amides is 1. The van der Waals surface area contributed by atoms with Crippen molar-refractivity contribution in [1.82, 2.24) is 9.88 Å². The molecule has 1 heterocycles. The molecule has 1 fully saturated rings. The lowest BCUT2D eigenvalue weighted by Crippen LogP contribution is -2.39. The highest BCUT2D eigenvalue weighted by atomic mass is 32.2. The van der Waals surface area contributed by atoms with Crippen LogP contribution in [-0.2, 0) is 4.79 Å². The van der Waals surface area contributed by atoms with E-state index in [4.69, 9.17) is 0 Å². The van der Waals surface area contributed by atoms with Gasteiger partial charge in [0.25, 0.3) is 0 Å². The maximum absolute atomic E-state index is 12.3. The number of nitrogens with zero attached hydrogens (tertiary/aromatic N) is 2. The molecular weight excluding hydrogens is 288 g/mol. The quantitative estimate of drug-likeness (QED) is 0.788. The first-order valence-electron chi connectivity index (χ1n) is 6.94. The van der Waals surface area contributed by atoms with Crippen LogP contribution in [0.3, 0.4) is 0 Å². The van der Waals surface area contributed by atoms with E-state index in [9.17, 15) is 4.79 Å². The van der Waals surface area contributed by atoms with Crippen molar-refractivity contribution in [3.8, 4) is 0 Å². The van der Waals surface area contributed by atoms with Crippen LogP contribution in [0.15, 0.2) is 28.6 Å². The molecule has 106 valence electrons. The van der Waals surface area contributed by atoms with Crippen LogP contribution in [0.1, 0.15) is 26.7 Å². The number of hydrogen-bond acceptors (Lipinski definition) is 4. The van der Waals surface area contributed by atoms with Crippen LogP contribution in [0.5, 0.6) is 0 Å². The van der Waals surface area contributed by atoms with Gasteiger partial charge in [-0.15, -0.1) is 11.3 Å². The van der Waals surface area contributed by atoms with Crippen LogP contribution in [0.4, 0.5) is 0 Å². The minimum atomic E-state index is 0.242. The van der Waals surface area contributed by atoms with Gasteiger partial charge in [-0.25, -0.2) is 4.98 Å². The lowest BCUT2D eigenvalue weighted by Gasteiger charge is -2.26. The molecule has 1 aromatic heterocycles. The Morgan fingerprint density at radius 2 is 2.20 bits per heavy atom. The van der Waals surface area contributed by atoms with Gasteiger partial charge in [-0.05, 0) is 38.8 Å². The number of benzene rings is 1. The summed E-state index contributed by atoms with van der Waals surface area (Å²) >= 11 is 3.23. The summed E-state index contributed by atoms with van der Waals surface area (Å²) < 4.78 is 2.17. The summed E-state index contributed by atoms with van der Waals surface area (Å²) in [6.07, 6.45) is 2.32. The molecule has 0 radical (unpaired) electrons. The fourth-order valence-electron chi connectivity index (χ4n) is 2.38. The molecule has 0 aliphatic heterocycles. The fraction of sp³-hybridized carbons (Fsp3) is 0.467. The molecule has 3 nitrogen and oxygen atoms in total. The van der Waals surface area contributed by atoms with Crippen LogP contribution in [-0.4, -0.2) is 33.6 Å². The summed E-state index contributed by atoms with van der Waals surface area (Å²) in [6, 6.07) is 8.89. The van der Waals surface area contributed by atoms with E-state index >= 15 is 0 Å². The van der Waals surface area contributed by atoms with Crippen LogP contribution in [0, 0.1) is 0 Å². The van der Waals surface area contributed by atoms with Gasteiger partial charge in [-0.2, -0.15) is 0 Å². The summed E-state index contributed by atoms with van der Waals surface area (Å²) in [5.74, 6) is 0.737. The van der Waals surface area contributed by atoms with Crippen molar-refractivity contribution < 1.29 is 4.79 Å². The van der Waals surface area contributed by atoms with Gasteiger partial charge in [-0.1, -0.05) is 23.9 Å². The van der Waals surface area contributed by atoms with Crippen molar-refractivity contribution in [3.63, 3.8) is 0 Å². The number of aromatic nitrogens is 1. The first-order valence-corrected chi connectivity index (χ1v) is 8.75. The van der Waals surface area contributed by atoms with E-state index in [0.717, 1.165) is 22.7 Å². The third-order valence-electron chi connectivity index (χ3n) is 3.38. The van der Waals surface area contributed by atoms with E-state index in [1.165, 1.54) is 4.70 Å². The molecule has 2 aromatic rings. The molecule has 0 spiro atoms. The van der Waals surface area contributed by atoms with E-state index in [1.54, 1.807) is 23.1 Å². The number of carbonyl (C=O) groups excluding carboxylic acids is 1. The number of thiazole rings is 1. The molecule has 1 aromatic carbocycles. The van der Waals surface area contributed by atoms with Crippen molar-refractivity contribution in [2.75, 3.05) is 5.75 Å². The standard InChI is InChI=1S/C15H18N2OS2/c1-10(2)17(11-7-8-11)14(18)9-19-15-16-12-5-3-4-6-13(12)20-15/h3-6,10-11H,7-9H2,1-2H3. The smallest absolute Gasteiger partial charge is 0.233 e. The van der Waals surface area contributed by atoms with Crippen LogP contribution >= 0.6 is 23.1 Å². The first-order chi connectivity index (χ1) is 9.65. The molecule has 1 amide bonds. The number of thioether (sulfide) groups is 1. The second-order valence-corrected chi connectivity index (χ2v) is 7.62.